The molecule has 4 heteroatoms. The zero-order valence-corrected chi connectivity index (χ0v) is 9.67. The van der Waals surface area contributed by atoms with Gasteiger partial charge in [0.05, 0.1) is 12.3 Å². The summed E-state index contributed by atoms with van der Waals surface area (Å²) in [5.41, 5.74) is 0. The second-order valence-corrected chi connectivity index (χ2v) is 4.34. The molecule has 0 radical (unpaired) electrons. The Bertz CT molecular complexity index is 313. The largest absolute Gasteiger partial charge is 0.443 e. The maximum atomic E-state index is 5.71. The summed E-state index contributed by atoms with van der Waals surface area (Å²) in [4.78, 5) is 4.22. The Kier molecular flexibility index (Phi) is 3.65. The Balaban J connectivity index is 1.94. The maximum absolute atomic E-state index is 5.71. The molecule has 0 bridgehead atoms. The summed E-state index contributed by atoms with van der Waals surface area (Å²) in [5.74, 6) is 2.28. The molecule has 0 aromatic carbocycles. The van der Waals surface area contributed by atoms with Crippen molar-refractivity contribution in [3.05, 3.63) is 17.8 Å². The van der Waals surface area contributed by atoms with Crippen LogP contribution in [-0.2, 0) is 11.2 Å². The Labute approximate surface area is 94.8 Å². The highest BCUT2D eigenvalue weighted by Crippen LogP contribution is 2.32. The van der Waals surface area contributed by atoms with Crippen molar-refractivity contribution >= 4 is 11.6 Å². The van der Waals surface area contributed by atoms with Crippen molar-refractivity contribution in [2.24, 2.45) is 0 Å². The molecule has 1 aromatic rings. The monoisotopic (exact) mass is 229 g/mol. The van der Waals surface area contributed by atoms with Crippen LogP contribution >= 0.6 is 11.6 Å². The molecule has 1 aromatic heterocycles. The molecule has 2 heterocycles. The van der Waals surface area contributed by atoms with Gasteiger partial charge >= 0.3 is 0 Å². The van der Waals surface area contributed by atoms with E-state index < -0.39 is 0 Å². The van der Waals surface area contributed by atoms with Crippen molar-refractivity contribution in [3.63, 3.8) is 0 Å². The van der Waals surface area contributed by atoms with Crippen LogP contribution in [0.25, 0.3) is 0 Å². The molecular weight excluding hydrogens is 214 g/mol. The van der Waals surface area contributed by atoms with E-state index in [0.29, 0.717) is 12.0 Å². The highest BCUT2D eigenvalue weighted by atomic mass is 35.5. The molecule has 1 fully saturated rings. The molecule has 2 rings (SSSR count). The SMILES string of the molecule is CC1CCC(c2cnc(CCCCl)o2)O1. The molecule has 15 heavy (non-hydrogen) atoms. The number of alkyl halides is 1. The van der Waals surface area contributed by atoms with E-state index in [2.05, 4.69) is 11.9 Å². The molecule has 0 N–H and O–H groups in total. The number of hydrogen-bond acceptors (Lipinski definition) is 3. The van der Waals surface area contributed by atoms with E-state index in [1.54, 1.807) is 6.20 Å². The first-order chi connectivity index (χ1) is 7.29. The summed E-state index contributed by atoms with van der Waals surface area (Å²) in [5, 5.41) is 0. The van der Waals surface area contributed by atoms with Crippen LogP contribution in [0.2, 0.25) is 0 Å². The summed E-state index contributed by atoms with van der Waals surface area (Å²) in [7, 11) is 0. The highest BCUT2D eigenvalue weighted by Gasteiger charge is 2.26. The van der Waals surface area contributed by atoms with Gasteiger partial charge in [0.15, 0.2) is 11.7 Å². The minimum Gasteiger partial charge on any atom is -0.443 e. The van der Waals surface area contributed by atoms with Crippen LogP contribution in [0.5, 0.6) is 0 Å². The quantitative estimate of drug-likeness (QED) is 0.745. The Morgan fingerprint density at radius 1 is 1.53 bits per heavy atom. The zero-order valence-electron chi connectivity index (χ0n) is 8.91. The van der Waals surface area contributed by atoms with Gasteiger partial charge in [0.25, 0.3) is 0 Å². The topological polar surface area (TPSA) is 35.3 Å². The number of halogens is 1. The molecule has 1 aliphatic heterocycles. The average Bonchev–Trinajstić information content (AvgIpc) is 2.83. The van der Waals surface area contributed by atoms with Gasteiger partial charge in [-0.25, -0.2) is 4.98 Å². The van der Waals surface area contributed by atoms with Crippen molar-refractivity contribution in [1.82, 2.24) is 4.98 Å². The molecule has 1 saturated heterocycles. The lowest BCUT2D eigenvalue weighted by molar-refractivity contribution is 0.0417. The lowest BCUT2D eigenvalue weighted by Gasteiger charge is -2.06. The van der Waals surface area contributed by atoms with Crippen LogP contribution in [-0.4, -0.2) is 17.0 Å². The molecule has 84 valence electrons. The third kappa shape index (κ3) is 2.73. The number of nitrogens with zero attached hydrogens (tertiary/aromatic N) is 1. The van der Waals surface area contributed by atoms with E-state index in [1.165, 1.54) is 0 Å². The second kappa shape index (κ2) is 4.99. The van der Waals surface area contributed by atoms with Crippen LogP contribution in [0.15, 0.2) is 10.6 Å². The molecule has 3 nitrogen and oxygen atoms in total. The van der Waals surface area contributed by atoms with E-state index in [-0.39, 0.29) is 6.10 Å². The van der Waals surface area contributed by atoms with Crippen molar-refractivity contribution in [2.45, 2.75) is 44.8 Å². The number of aromatic nitrogens is 1. The third-order valence-corrected chi connectivity index (χ3v) is 2.91. The van der Waals surface area contributed by atoms with Gasteiger partial charge in [0.1, 0.15) is 6.10 Å². The smallest absolute Gasteiger partial charge is 0.194 e. The van der Waals surface area contributed by atoms with Gasteiger partial charge in [0, 0.05) is 12.3 Å². The van der Waals surface area contributed by atoms with Crippen molar-refractivity contribution in [3.8, 4) is 0 Å². The van der Waals surface area contributed by atoms with Gasteiger partial charge in [-0.3, -0.25) is 0 Å². The van der Waals surface area contributed by atoms with Gasteiger partial charge < -0.3 is 9.15 Å². The number of aryl methyl sites for hydroxylation is 1. The summed E-state index contributed by atoms with van der Waals surface area (Å²) >= 11 is 5.61. The number of ether oxygens (including phenoxy) is 1. The molecule has 0 spiro atoms. The first kappa shape index (κ1) is 11.0. The fourth-order valence-corrected chi connectivity index (χ4v) is 1.95. The predicted molar refractivity (Wildman–Crippen MR) is 58.1 cm³/mol. The van der Waals surface area contributed by atoms with Crippen LogP contribution in [0, 0.1) is 0 Å². The van der Waals surface area contributed by atoms with Crippen molar-refractivity contribution in [2.75, 3.05) is 5.88 Å². The molecule has 0 saturated carbocycles. The second-order valence-electron chi connectivity index (χ2n) is 3.96. The van der Waals surface area contributed by atoms with Crippen molar-refractivity contribution in [1.29, 1.82) is 0 Å². The predicted octanol–water partition coefficient (Wildman–Crippen LogP) is 3.09. The average molecular weight is 230 g/mol. The third-order valence-electron chi connectivity index (χ3n) is 2.65. The van der Waals surface area contributed by atoms with Crippen molar-refractivity contribution < 1.29 is 9.15 Å². The van der Waals surface area contributed by atoms with Crippen LogP contribution in [0.3, 0.4) is 0 Å². The first-order valence-corrected chi connectivity index (χ1v) is 5.99. The van der Waals surface area contributed by atoms with Gasteiger partial charge in [-0.2, -0.15) is 0 Å². The molecule has 0 amide bonds. The van der Waals surface area contributed by atoms with Crippen LogP contribution in [0.4, 0.5) is 0 Å². The Hall–Kier alpha value is -0.540. The fourth-order valence-electron chi connectivity index (χ4n) is 1.82. The maximum Gasteiger partial charge on any atom is 0.194 e. The Morgan fingerprint density at radius 3 is 3.07 bits per heavy atom. The lowest BCUT2D eigenvalue weighted by atomic mass is 10.2. The fraction of sp³-hybridized carbons (Fsp3) is 0.727. The standard InChI is InChI=1S/C11H16ClNO2/c1-8-4-5-9(14-8)10-7-13-11(15-10)3-2-6-12/h7-9H,2-6H2,1H3. The molecule has 1 aliphatic rings. The van der Waals surface area contributed by atoms with Crippen LogP contribution in [0.1, 0.15) is 43.9 Å². The normalized spacial score (nSPS) is 26.0. The molecule has 0 aliphatic carbocycles. The first-order valence-electron chi connectivity index (χ1n) is 5.45. The van der Waals surface area contributed by atoms with E-state index >= 15 is 0 Å². The summed E-state index contributed by atoms with van der Waals surface area (Å²) in [6.07, 6.45) is 6.08. The minimum atomic E-state index is 0.109. The van der Waals surface area contributed by atoms with Crippen LogP contribution < -0.4 is 0 Å². The summed E-state index contributed by atoms with van der Waals surface area (Å²) in [6, 6.07) is 0. The molecule has 2 atom stereocenters. The lowest BCUT2D eigenvalue weighted by Crippen LogP contribution is -1.99. The number of oxazole rings is 1. The van der Waals surface area contributed by atoms with E-state index in [9.17, 15) is 0 Å². The number of rotatable bonds is 4. The highest BCUT2D eigenvalue weighted by molar-refractivity contribution is 6.17. The summed E-state index contributed by atoms with van der Waals surface area (Å²) < 4.78 is 11.3. The summed E-state index contributed by atoms with van der Waals surface area (Å²) in [6.45, 7) is 2.09. The van der Waals surface area contributed by atoms with Gasteiger partial charge in [-0.15, -0.1) is 11.6 Å². The molecular formula is C11H16ClNO2. The van der Waals surface area contributed by atoms with Gasteiger partial charge in [0.2, 0.25) is 0 Å². The Morgan fingerprint density at radius 2 is 2.40 bits per heavy atom. The molecule has 2 unspecified atom stereocenters. The minimum absolute atomic E-state index is 0.109. The zero-order chi connectivity index (χ0) is 10.7. The number of hydrogen-bond donors (Lipinski definition) is 0. The van der Waals surface area contributed by atoms with Gasteiger partial charge in [-0.1, -0.05) is 0 Å². The van der Waals surface area contributed by atoms with E-state index in [0.717, 1.165) is 37.3 Å². The van der Waals surface area contributed by atoms with E-state index in [1.807, 2.05) is 0 Å². The van der Waals surface area contributed by atoms with E-state index in [4.69, 9.17) is 20.8 Å². The van der Waals surface area contributed by atoms with Gasteiger partial charge in [-0.05, 0) is 26.2 Å².